The summed E-state index contributed by atoms with van der Waals surface area (Å²) in [5, 5.41) is 2.62. The van der Waals surface area contributed by atoms with Crippen molar-refractivity contribution in [3.63, 3.8) is 0 Å². The van der Waals surface area contributed by atoms with Crippen LogP contribution in [-0.2, 0) is 25.5 Å². The van der Waals surface area contributed by atoms with E-state index in [0.29, 0.717) is 12.2 Å². The Balaban J connectivity index is 1.66. The van der Waals surface area contributed by atoms with Gasteiger partial charge in [-0.1, -0.05) is 48.0 Å². The van der Waals surface area contributed by atoms with Crippen LogP contribution in [0.15, 0.2) is 83.8 Å². The highest BCUT2D eigenvalue weighted by atomic mass is 32.2. The number of nitrogens with one attached hydrogen (secondary N) is 1. The lowest BCUT2D eigenvalue weighted by Crippen LogP contribution is -2.40. The van der Waals surface area contributed by atoms with Crippen LogP contribution >= 0.6 is 0 Å². The monoisotopic (exact) mass is 455 g/mol. The number of aryl methyl sites for hydroxylation is 1. The van der Waals surface area contributed by atoms with E-state index in [-0.39, 0.29) is 11.5 Å². The Kier molecular flexibility index (Phi) is 7.86. The molecule has 0 aliphatic heterocycles. The van der Waals surface area contributed by atoms with Gasteiger partial charge >= 0.3 is 6.09 Å². The molecule has 0 radical (unpaired) electrons. The van der Waals surface area contributed by atoms with Crippen LogP contribution in [-0.4, -0.2) is 34.3 Å². The normalized spacial score (nSPS) is 12.1. The lowest BCUT2D eigenvalue weighted by molar-refractivity contribution is 0.160. The van der Waals surface area contributed by atoms with E-state index in [1.807, 2.05) is 49.4 Å². The summed E-state index contributed by atoms with van der Waals surface area (Å²) >= 11 is 0. The third kappa shape index (κ3) is 6.83. The number of hydrogen-bond donors (Lipinski definition) is 1. The molecule has 0 saturated carbocycles. The maximum atomic E-state index is 12.5. The molecule has 8 heteroatoms. The molecule has 0 fully saturated rings. The number of carbonyl (C=O) groups is 1. The van der Waals surface area contributed by atoms with E-state index in [4.69, 9.17) is 8.92 Å². The molecule has 0 spiro atoms. The minimum atomic E-state index is -3.96. The lowest BCUT2D eigenvalue weighted by atomic mass is 10.1. The maximum absolute atomic E-state index is 12.5. The van der Waals surface area contributed by atoms with Crippen molar-refractivity contribution in [1.82, 2.24) is 5.32 Å². The van der Waals surface area contributed by atoms with Gasteiger partial charge in [0.15, 0.2) is 0 Å². The van der Waals surface area contributed by atoms with Crippen molar-refractivity contribution in [2.24, 2.45) is 0 Å². The molecule has 0 saturated heterocycles. The highest BCUT2D eigenvalue weighted by molar-refractivity contribution is 7.86. The van der Waals surface area contributed by atoms with Gasteiger partial charge in [0, 0.05) is 0 Å². The summed E-state index contributed by atoms with van der Waals surface area (Å²) in [6.45, 7) is 1.62. The Hall–Kier alpha value is -3.36. The van der Waals surface area contributed by atoms with Gasteiger partial charge in [0.25, 0.3) is 10.1 Å². The Labute approximate surface area is 188 Å². The van der Waals surface area contributed by atoms with Crippen molar-refractivity contribution in [3.05, 3.63) is 90.0 Å². The second-order valence-electron chi connectivity index (χ2n) is 7.15. The standard InChI is InChI=1S/C24H25NO6S/c1-18-8-14-23(15-9-18)32(27,28)30-17-20(25-24(26)29-2)16-19-10-12-22(13-11-19)31-21-6-4-3-5-7-21/h3-15,20H,16-17H2,1-2H3,(H,25,26)/t20-/m0/s1. The molecule has 0 aromatic heterocycles. The van der Waals surface area contributed by atoms with E-state index in [0.717, 1.165) is 16.9 Å². The third-order valence-corrected chi connectivity index (χ3v) is 5.92. The van der Waals surface area contributed by atoms with Gasteiger partial charge in [-0.25, -0.2) is 4.79 Å². The SMILES string of the molecule is COC(=O)N[C@H](COS(=O)(=O)c1ccc(C)cc1)Cc1ccc(Oc2ccccc2)cc1. The number of rotatable bonds is 9. The molecular formula is C24H25NO6S. The van der Waals surface area contributed by atoms with Crippen molar-refractivity contribution in [2.75, 3.05) is 13.7 Å². The largest absolute Gasteiger partial charge is 0.457 e. The van der Waals surface area contributed by atoms with Crippen LogP contribution in [0.2, 0.25) is 0 Å². The average Bonchev–Trinajstić information content (AvgIpc) is 2.79. The molecule has 1 N–H and O–H groups in total. The smallest absolute Gasteiger partial charge is 0.407 e. The van der Waals surface area contributed by atoms with Crippen LogP contribution < -0.4 is 10.1 Å². The number of carbonyl (C=O) groups excluding carboxylic acids is 1. The average molecular weight is 456 g/mol. The number of benzene rings is 3. The van der Waals surface area contributed by atoms with Gasteiger partial charge in [-0.3, -0.25) is 4.18 Å². The summed E-state index contributed by atoms with van der Waals surface area (Å²) in [4.78, 5) is 11.8. The Morgan fingerprint density at radius 3 is 2.16 bits per heavy atom. The van der Waals surface area contributed by atoms with Gasteiger partial charge < -0.3 is 14.8 Å². The van der Waals surface area contributed by atoms with E-state index in [9.17, 15) is 13.2 Å². The molecule has 0 aliphatic rings. The first-order valence-electron chi connectivity index (χ1n) is 9.98. The second kappa shape index (κ2) is 10.8. The van der Waals surface area contributed by atoms with Crippen molar-refractivity contribution in [3.8, 4) is 11.5 Å². The van der Waals surface area contributed by atoms with Crippen LogP contribution in [0.5, 0.6) is 11.5 Å². The predicted molar refractivity (Wildman–Crippen MR) is 120 cm³/mol. The molecule has 168 valence electrons. The van der Waals surface area contributed by atoms with E-state index in [2.05, 4.69) is 10.1 Å². The zero-order valence-corrected chi connectivity index (χ0v) is 18.7. The van der Waals surface area contributed by atoms with Gasteiger partial charge in [-0.15, -0.1) is 0 Å². The number of amides is 1. The Morgan fingerprint density at radius 2 is 1.53 bits per heavy atom. The molecule has 3 rings (SSSR count). The predicted octanol–water partition coefficient (Wildman–Crippen LogP) is 4.46. The fourth-order valence-corrected chi connectivity index (χ4v) is 3.87. The fourth-order valence-electron chi connectivity index (χ4n) is 2.92. The third-order valence-electron chi connectivity index (χ3n) is 4.63. The minimum absolute atomic E-state index is 0.0577. The zero-order chi connectivity index (χ0) is 23.0. The van der Waals surface area contributed by atoms with Crippen molar-refractivity contribution >= 4 is 16.2 Å². The molecule has 0 aliphatic carbocycles. The zero-order valence-electron chi connectivity index (χ0n) is 17.9. The maximum Gasteiger partial charge on any atom is 0.407 e. The highest BCUT2D eigenvalue weighted by Gasteiger charge is 2.20. The first kappa shape index (κ1) is 23.3. The lowest BCUT2D eigenvalue weighted by Gasteiger charge is -2.18. The molecule has 0 unspecified atom stereocenters. The van der Waals surface area contributed by atoms with E-state index < -0.39 is 22.3 Å². The summed E-state index contributed by atoms with van der Waals surface area (Å²) in [5.74, 6) is 1.39. The molecule has 32 heavy (non-hydrogen) atoms. The molecule has 1 amide bonds. The first-order valence-corrected chi connectivity index (χ1v) is 11.4. The number of hydrogen-bond acceptors (Lipinski definition) is 6. The van der Waals surface area contributed by atoms with Crippen molar-refractivity contribution < 1.29 is 26.9 Å². The molecule has 3 aromatic carbocycles. The highest BCUT2D eigenvalue weighted by Crippen LogP contribution is 2.22. The topological polar surface area (TPSA) is 90.9 Å². The van der Waals surface area contributed by atoms with Crippen LogP contribution in [0.3, 0.4) is 0 Å². The summed E-state index contributed by atoms with van der Waals surface area (Å²) in [7, 11) is -2.72. The number of alkyl carbamates (subject to hydrolysis) is 1. The van der Waals surface area contributed by atoms with Crippen LogP contribution in [0.25, 0.3) is 0 Å². The fraction of sp³-hybridized carbons (Fsp3) is 0.208. The molecule has 1 atom stereocenters. The van der Waals surface area contributed by atoms with Crippen LogP contribution in [0.4, 0.5) is 4.79 Å². The van der Waals surface area contributed by atoms with Gasteiger partial charge in [0.2, 0.25) is 0 Å². The van der Waals surface area contributed by atoms with Crippen LogP contribution in [0, 0.1) is 6.92 Å². The number of methoxy groups -OCH3 is 1. The van der Waals surface area contributed by atoms with Crippen molar-refractivity contribution in [1.29, 1.82) is 0 Å². The number of para-hydroxylation sites is 1. The molecule has 0 bridgehead atoms. The quantitative estimate of drug-likeness (QED) is 0.479. The van der Waals surface area contributed by atoms with Gasteiger partial charge in [0.1, 0.15) is 11.5 Å². The van der Waals surface area contributed by atoms with Gasteiger partial charge in [-0.05, 0) is 55.3 Å². The summed E-state index contributed by atoms with van der Waals surface area (Å²) < 4.78 is 40.6. The molecular weight excluding hydrogens is 430 g/mol. The molecule has 3 aromatic rings. The molecule has 0 heterocycles. The summed E-state index contributed by atoms with van der Waals surface area (Å²) in [6, 6.07) is 22.4. The van der Waals surface area contributed by atoms with Crippen LogP contribution in [0.1, 0.15) is 11.1 Å². The van der Waals surface area contributed by atoms with Gasteiger partial charge in [-0.2, -0.15) is 8.42 Å². The minimum Gasteiger partial charge on any atom is -0.457 e. The summed E-state index contributed by atoms with van der Waals surface area (Å²) in [5.41, 5.74) is 1.80. The van der Waals surface area contributed by atoms with E-state index in [1.165, 1.54) is 19.2 Å². The molecule has 7 nitrogen and oxygen atoms in total. The van der Waals surface area contributed by atoms with E-state index in [1.54, 1.807) is 24.3 Å². The first-order chi connectivity index (χ1) is 15.4. The summed E-state index contributed by atoms with van der Waals surface area (Å²) in [6.07, 6.45) is -0.334. The number of ether oxygens (including phenoxy) is 2. The van der Waals surface area contributed by atoms with E-state index >= 15 is 0 Å². The second-order valence-corrected chi connectivity index (χ2v) is 8.76. The van der Waals surface area contributed by atoms with Gasteiger partial charge in [0.05, 0.1) is 24.7 Å². The van der Waals surface area contributed by atoms with Crippen molar-refractivity contribution in [2.45, 2.75) is 24.3 Å². The Morgan fingerprint density at radius 1 is 0.906 bits per heavy atom. The Bertz CT molecular complexity index is 1110.